The number of aryl methyl sites for hydroxylation is 1. The molecule has 1 amide bonds. The van der Waals surface area contributed by atoms with Gasteiger partial charge in [-0.05, 0) is 31.9 Å². The van der Waals surface area contributed by atoms with Crippen molar-refractivity contribution in [3.05, 3.63) is 36.1 Å². The van der Waals surface area contributed by atoms with Gasteiger partial charge in [0.25, 0.3) is 0 Å². The summed E-state index contributed by atoms with van der Waals surface area (Å²) in [7, 11) is -1.97. The standard InChI is InChI=1S/C18H23N5O4S/c1-13-11-17(20-27-13)19-18(24)12-22-9-7-14(8-10-22)23-16-6-4-3-5-15(16)21(2)28(23,25)26/h3-6,11,14H,7-10,12H2,1-2H3,(H,19,20,24). The average Bonchev–Trinajstić information content (AvgIpc) is 3.15. The number of carbonyl (C=O) groups excluding carboxylic acids is 1. The number of benzene rings is 1. The van der Waals surface area contributed by atoms with Gasteiger partial charge in [-0.25, -0.2) is 4.31 Å². The maximum atomic E-state index is 12.9. The normalized spacial score (nSPS) is 19.6. The summed E-state index contributed by atoms with van der Waals surface area (Å²) >= 11 is 0. The van der Waals surface area contributed by atoms with Gasteiger partial charge in [0.1, 0.15) is 5.76 Å². The van der Waals surface area contributed by atoms with Gasteiger partial charge in [0.15, 0.2) is 5.82 Å². The second kappa shape index (κ2) is 7.10. The quantitative estimate of drug-likeness (QED) is 0.829. The second-order valence-corrected chi connectivity index (χ2v) is 8.97. The molecule has 0 saturated carbocycles. The van der Waals surface area contributed by atoms with Gasteiger partial charge >= 0.3 is 10.2 Å². The summed E-state index contributed by atoms with van der Waals surface area (Å²) in [4.78, 5) is 14.2. The van der Waals surface area contributed by atoms with Crippen molar-refractivity contribution in [2.45, 2.75) is 25.8 Å². The Morgan fingerprint density at radius 1 is 1.25 bits per heavy atom. The second-order valence-electron chi connectivity index (χ2n) is 7.14. The molecule has 0 atom stereocenters. The molecule has 9 nitrogen and oxygen atoms in total. The number of para-hydroxylation sites is 2. The van der Waals surface area contributed by atoms with E-state index in [2.05, 4.69) is 10.5 Å². The fourth-order valence-electron chi connectivity index (χ4n) is 3.81. The lowest BCUT2D eigenvalue weighted by Gasteiger charge is -2.36. The first-order valence-corrected chi connectivity index (χ1v) is 10.6. The van der Waals surface area contributed by atoms with Crippen LogP contribution in [0.2, 0.25) is 0 Å². The van der Waals surface area contributed by atoms with Gasteiger partial charge in [0, 0.05) is 32.2 Å². The van der Waals surface area contributed by atoms with Crippen molar-refractivity contribution in [3.63, 3.8) is 0 Å². The van der Waals surface area contributed by atoms with E-state index in [0.29, 0.717) is 43.2 Å². The molecule has 2 aliphatic heterocycles. The fraction of sp³-hybridized carbons (Fsp3) is 0.444. The van der Waals surface area contributed by atoms with E-state index >= 15 is 0 Å². The van der Waals surface area contributed by atoms with Gasteiger partial charge < -0.3 is 9.84 Å². The summed E-state index contributed by atoms with van der Waals surface area (Å²) in [5.41, 5.74) is 1.43. The molecule has 0 radical (unpaired) electrons. The first-order valence-electron chi connectivity index (χ1n) is 9.19. The third-order valence-corrected chi connectivity index (χ3v) is 7.09. The zero-order chi connectivity index (χ0) is 19.9. The number of nitrogens with one attached hydrogen (secondary N) is 1. The van der Waals surface area contributed by atoms with Crippen LogP contribution in [-0.2, 0) is 15.0 Å². The highest BCUT2D eigenvalue weighted by Crippen LogP contribution is 2.42. The first kappa shape index (κ1) is 18.8. The number of aromatic nitrogens is 1. The number of likely N-dealkylation sites (tertiary alicyclic amines) is 1. The minimum atomic E-state index is -3.55. The molecule has 0 unspecified atom stereocenters. The predicted octanol–water partition coefficient (Wildman–Crippen LogP) is 1.59. The van der Waals surface area contributed by atoms with E-state index in [1.165, 1.54) is 8.61 Å². The van der Waals surface area contributed by atoms with E-state index in [-0.39, 0.29) is 18.5 Å². The minimum absolute atomic E-state index is 0.117. The van der Waals surface area contributed by atoms with Gasteiger partial charge in [-0.1, -0.05) is 17.3 Å². The van der Waals surface area contributed by atoms with Crippen molar-refractivity contribution < 1.29 is 17.7 Å². The van der Waals surface area contributed by atoms with Gasteiger partial charge in [0.05, 0.1) is 17.9 Å². The molecule has 2 aliphatic rings. The molecule has 10 heteroatoms. The van der Waals surface area contributed by atoms with Gasteiger partial charge in [0.2, 0.25) is 5.91 Å². The molecule has 0 spiro atoms. The lowest BCUT2D eigenvalue weighted by Crippen LogP contribution is -2.49. The fourth-order valence-corrected chi connectivity index (χ4v) is 5.46. The van der Waals surface area contributed by atoms with Crippen molar-refractivity contribution in [2.24, 2.45) is 0 Å². The molecular weight excluding hydrogens is 382 g/mol. The van der Waals surface area contributed by atoms with Crippen molar-refractivity contribution >= 4 is 33.3 Å². The van der Waals surface area contributed by atoms with Crippen molar-refractivity contribution in [2.75, 3.05) is 40.6 Å². The average molecular weight is 405 g/mol. The monoisotopic (exact) mass is 405 g/mol. The summed E-state index contributed by atoms with van der Waals surface area (Å²) in [6.45, 7) is 3.29. The Morgan fingerprint density at radius 2 is 1.93 bits per heavy atom. The minimum Gasteiger partial charge on any atom is -0.360 e. The summed E-state index contributed by atoms with van der Waals surface area (Å²) in [6, 6.07) is 8.90. The molecule has 28 heavy (non-hydrogen) atoms. The van der Waals surface area contributed by atoms with Crippen molar-refractivity contribution in [1.29, 1.82) is 0 Å². The SMILES string of the molecule is Cc1cc(NC(=O)CN2CCC(N3c4ccccc4N(C)S3(=O)=O)CC2)no1. The predicted molar refractivity (Wildman–Crippen MR) is 106 cm³/mol. The van der Waals surface area contributed by atoms with Crippen molar-refractivity contribution in [3.8, 4) is 0 Å². The summed E-state index contributed by atoms with van der Waals surface area (Å²) < 4.78 is 33.6. The van der Waals surface area contributed by atoms with Crippen LogP contribution >= 0.6 is 0 Å². The Bertz CT molecular complexity index is 981. The summed E-state index contributed by atoms with van der Waals surface area (Å²) in [5.74, 6) is 0.874. The highest BCUT2D eigenvalue weighted by atomic mass is 32.2. The molecular formula is C18H23N5O4S. The van der Waals surface area contributed by atoms with E-state index in [4.69, 9.17) is 4.52 Å². The number of amides is 1. The smallest absolute Gasteiger partial charge is 0.326 e. The molecule has 1 aromatic heterocycles. The molecule has 1 aromatic carbocycles. The van der Waals surface area contributed by atoms with E-state index < -0.39 is 10.2 Å². The molecule has 150 valence electrons. The van der Waals surface area contributed by atoms with E-state index in [1.54, 1.807) is 20.0 Å². The number of piperidine rings is 1. The number of fused-ring (bicyclic) bond motifs is 1. The van der Waals surface area contributed by atoms with Crippen LogP contribution in [0, 0.1) is 6.92 Å². The van der Waals surface area contributed by atoms with E-state index in [1.807, 2.05) is 29.2 Å². The van der Waals surface area contributed by atoms with Crippen LogP contribution in [0.3, 0.4) is 0 Å². The topological polar surface area (TPSA) is 99.0 Å². The lowest BCUT2D eigenvalue weighted by atomic mass is 10.0. The van der Waals surface area contributed by atoms with Gasteiger partial charge in [-0.3, -0.25) is 14.0 Å². The van der Waals surface area contributed by atoms with Crippen LogP contribution in [0.4, 0.5) is 17.2 Å². The summed E-state index contributed by atoms with van der Waals surface area (Å²) in [5, 5.41) is 6.46. The Hall–Kier alpha value is -2.59. The number of anilines is 3. The number of nitrogens with zero attached hydrogens (tertiary/aromatic N) is 4. The third-order valence-electron chi connectivity index (χ3n) is 5.20. The van der Waals surface area contributed by atoms with E-state index in [9.17, 15) is 13.2 Å². The number of hydrogen-bond donors (Lipinski definition) is 1. The molecule has 4 rings (SSSR count). The maximum Gasteiger partial charge on any atom is 0.326 e. The number of hydrogen-bond acceptors (Lipinski definition) is 6. The molecule has 3 heterocycles. The van der Waals surface area contributed by atoms with Crippen LogP contribution in [0.15, 0.2) is 34.9 Å². The highest BCUT2D eigenvalue weighted by molar-refractivity contribution is 7.94. The molecule has 1 N–H and O–H groups in total. The Labute approximate surface area is 164 Å². The van der Waals surface area contributed by atoms with Crippen LogP contribution in [-0.4, -0.2) is 57.1 Å². The highest BCUT2D eigenvalue weighted by Gasteiger charge is 2.42. The molecule has 1 saturated heterocycles. The van der Waals surface area contributed by atoms with Gasteiger partial charge in [-0.15, -0.1) is 0 Å². The molecule has 0 bridgehead atoms. The molecule has 2 aromatic rings. The Morgan fingerprint density at radius 3 is 2.57 bits per heavy atom. The third kappa shape index (κ3) is 3.33. The number of carbonyl (C=O) groups is 1. The number of rotatable bonds is 4. The van der Waals surface area contributed by atoms with Crippen molar-refractivity contribution in [1.82, 2.24) is 10.1 Å². The largest absolute Gasteiger partial charge is 0.360 e. The van der Waals surface area contributed by atoms with Crippen LogP contribution in [0.5, 0.6) is 0 Å². The Balaban J connectivity index is 1.38. The Kier molecular flexibility index (Phi) is 4.76. The molecule has 0 aliphatic carbocycles. The van der Waals surface area contributed by atoms with E-state index in [0.717, 1.165) is 5.69 Å². The van der Waals surface area contributed by atoms with Gasteiger partial charge in [-0.2, -0.15) is 8.42 Å². The lowest BCUT2D eigenvalue weighted by molar-refractivity contribution is -0.117. The zero-order valence-electron chi connectivity index (χ0n) is 15.8. The van der Waals surface area contributed by atoms with Crippen LogP contribution in [0.1, 0.15) is 18.6 Å². The maximum absolute atomic E-state index is 12.9. The van der Waals surface area contributed by atoms with Crippen LogP contribution < -0.4 is 13.9 Å². The summed E-state index contributed by atoms with van der Waals surface area (Å²) in [6.07, 6.45) is 1.33. The zero-order valence-corrected chi connectivity index (χ0v) is 16.6. The molecule has 1 fully saturated rings. The first-order chi connectivity index (χ1) is 13.4. The van der Waals surface area contributed by atoms with Crippen LogP contribution in [0.25, 0.3) is 0 Å².